The Kier molecular flexibility index (Phi) is 5.83. The number of H-pyrrole nitrogens is 1. The van der Waals surface area contributed by atoms with E-state index in [4.69, 9.17) is 0 Å². The number of hydrogen-bond acceptors (Lipinski definition) is 6. The molecule has 0 atom stereocenters. The van der Waals surface area contributed by atoms with Gasteiger partial charge in [0.25, 0.3) is 11.8 Å². The molecule has 0 radical (unpaired) electrons. The molecule has 4 rings (SSSR count). The largest absolute Gasteiger partial charge is 0.348 e. The molecule has 2 aromatic heterocycles. The first kappa shape index (κ1) is 20.4. The lowest BCUT2D eigenvalue weighted by Gasteiger charge is -2.32. The molecule has 1 aliphatic rings. The van der Waals surface area contributed by atoms with Crippen LogP contribution >= 0.6 is 0 Å². The molecule has 0 saturated carbocycles. The molecule has 9 nitrogen and oxygen atoms in total. The molecular weight excluding hydrogens is 408 g/mol. The van der Waals surface area contributed by atoms with Crippen LogP contribution < -0.4 is 15.5 Å². The predicted octanol–water partition coefficient (Wildman–Crippen LogP) is 2.13. The molecule has 1 aliphatic heterocycles. The van der Waals surface area contributed by atoms with Crippen molar-refractivity contribution < 1.29 is 18.4 Å². The van der Waals surface area contributed by atoms with Gasteiger partial charge in [0.05, 0.1) is 5.69 Å². The predicted molar refractivity (Wildman–Crippen MR) is 108 cm³/mol. The van der Waals surface area contributed by atoms with E-state index in [9.17, 15) is 18.4 Å². The number of rotatable bonds is 5. The number of hydrogen-bond donors (Lipinski definition) is 3. The maximum Gasteiger partial charge on any atom is 0.274 e. The summed E-state index contributed by atoms with van der Waals surface area (Å²) in [5.74, 6) is -2.87. The third-order valence-electron chi connectivity index (χ3n) is 4.96. The van der Waals surface area contributed by atoms with Crippen molar-refractivity contribution in [2.75, 3.05) is 23.3 Å². The molecule has 1 fully saturated rings. The highest BCUT2D eigenvalue weighted by Crippen LogP contribution is 2.19. The lowest BCUT2D eigenvalue weighted by atomic mass is 10.1. The van der Waals surface area contributed by atoms with Crippen molar-refractivity contribution >= 4 is 23.5 Å². The van der Waals surface area contributed by atoms with Crippen LogP contribution in [-0.2, 0) is 0 Å². The molecule has 0 unspecified atom stereocenters. The maximum absolute atomic E-state index is 13.8. The van der Waals surface area contributed by atoms with Crippen molar-refractivity contribution in [1.29, 1.82) is 0 Å². The number of amides is 2. The van der Waals surface area contributed by atoms with E-state index < -0.39 is 29.0 Å². The highest BCUT2D eigenvalue weighted by atomic mass is 19.1. The molecule has 0 aliphatic carbocycles. The summed E-state index contributed by atoms with van der Waals surface area (Å²) in [4.78, 5) is 35.5. The summed E-state index contributed by atoms with van der Waals surface area (Å²) in [5.41, 5.74) is -0.773. The van der Waals surface area contributed by atoms with Crippen LogP contribution in [0.5, 0.6) is 0 Å². The van der Waals surface area contributed by atoms with E-state index >= 15 is 0 Å². The van der Waals surface area contributed by atoms with Gasteiger partial charge in [-0.1, -0.05) is 6.07 Å². The first-order chi connectivity index (χ1) is 15.0. The number of carbonyl (C=O) groups is 2. The van der Waals surface area contributed by atoms with Crippen molar-refractivity contribution in [2.45, 2.75) is 18.9 Å². The number of anilines is 2. The molecule has 0 bridgehead atoms. The summed E-state index contributed by atoms with van der Waals surface area (Å²) < 4.78 is 27.7. The quantitative estimate of drug-likeness (QED) is 0.575. The summed E-state index contributed by atoms with van der Waals surface area (Å²) >= 11 is 0. The zero-order chi connectivity index (χ0) is 21.8. The minimum absolute atomic E-state index is 0.0280. The van der Waals surface area contributed by atoms with E-state index in [0.29, 0.717) is 31.9 Å². The van der Waals surface area contributed by atoms with E-state index in [1.54, 1.807) is 18.5 Å². The highest BCUT2D eigenvalue weighted by Gasteiger charge is 2.26. The fraction of sp³-hybridized carbons (Fsp3) is 0.250. The number of aromatic nitrogens is 4. The van der Waals surface area contributed by atoms with Gasteiger partial charge in [-0.05, 0) is 31.0 Å². The van der Waals surface area contributed by atoms with Gasteiger partial charge in [-0.3, -0.25) is 14.7 Å². The summed E-state index contributed by atoms with van der Waals surface area (Å²) in [6.45, 7) is 1.34. The minimum atomic E-state index is -1.01. The number of halogens is 2. The number of aromatic amines is 1. The molecule has 1 saturated heterocycles. The Morgan fingerprint density at radius 1 is 1.03 bits per heavy atom. The van der Waals surface area contributed by atoms with E-state index in [-0.39, 0.29) is 17.4 Å². The number of benzene rings is 1. The first-order valence-corrected chi connectivity index (χ1v) is 9.65. The third-order valence-corrected chi connectivity index (χ3v) is 4.96. The van der Waals surface area contributed by atoms with Gasteiger partial charge in [-0.15, -0.1) is 0 Å². The smallest absolute Gasteiger partial charge is 0.274 e. The minimum Gasteiger partial charge on any atom is -0.348 e. The molecule has 3 heterocycles. The van der Waals surface area contributed by atoms with Crippen molar-refractivity contribution in [2.24, 2.45) is 0 Å². The van der Waals surface area contributed by atoms with Gasteiger partial charge in [0.2, 0.25) is 5.95 Å². The fourth-order valence-corrected chi connectivity index (χ4v) is 3.39. The van der Waals surface area contributed by atoms with Crippen LogP contribution in [-0.4, -0.2) is 51.1 Å². The Balaban J connectivity index is 1.38. The van der Waals surface area contributed by atoms with Gasteiger partial charge in [-0.2, -0.15) is 5.10 Å². The van der Waals surface area contributed by atoms with Crippen LogP contribution in [0.1, 0.15) is 33.7 Å². The lowest BCUT2D eigenvalue weighted by molar-refractivity contribution is 0.0927. The number of nitrogens with zero attached hydrogens (tertiary/aromatic N) is 4. The van der Waals surface area contributed by atoms with Gasteiger partial charge in [0, 0.05) is 37.7 Å². The van der Waals surface area contributed by atoms with Crippen LogP contribution in [0.15, 0.2) is 42.9 Å². The Labute approximate surface area is 175 Å². The van der Waals surface area contributed by atoms with Crippen LogP contribution in [0.4, 0.5) is 20.4 Å². The summed E-state index contributed by atoms with van der Waals surface area (Å²) in [7, 11) is 0. The molecule has 3 N–H and O–H groups in total. The lowest BCUT2D eigenvalue weighted by Crippen LogP contribution is -2.45. The fourth-order valence-electron chi connectivity index (χ4n) is 3.39. The van der Waals surface area contributed by atoms with E-state index in [2.05, 4.69) is 30.8 Å². The van der Waals surface area contributed by atoms with Crippen LogP contribution in [0, 0.1) is 11.6 Å². The van der Waals surface area contributed by atoms with Gasteiger partial charge < -0.3 is 15.5 Å². The molecule has 11 heteroatoms. The summed E-state index contributed by atoms with van der Waals surface area (Å²) in [6, 6.07) is 4.77. The third kappa shape index (κ3) is 4.49. The normalized spacial score (nSPS) is 14.3. The Morgan fingerprint density at radius 2 is 1.71 bits per heavy atom. The zero-order valence-corrected chi connectivity index (χ0v) is 16.3. The molecule has 160 valence electrons. The van der Waals surface area contributed by atoms with Crippen LogP contribution in [0.2, 0.25) is 0 Å². The average molecular weight is 427 g/mol. The Bertz CT molecular complexity index is 1060. The average Bonchev–Trinajstić information content (AvgIpc) is 3.23. The molecule has 0 spiro atoms. The molecule has 1 aromatic carbocycles. The van der Waals surface area contributed by atoms with E-state index in [1.807, 2.05) is 4.90 Å². The zero-order valence-electron chi connectivity index (χ0n) is 16.3. The molecule has 2 amide bonds. The van der Waals surface area contributed by atoms with Crippen molar-refractivity contribution in [3.63, 3.8) is 0 Å². The second kappa shape index (κ2) is 8.86. The van der Waals surface area contributed by atoms with Crippen molar-refractivity contribution in [1.82, 2.24) is 25.5 Å². The standard InChI is InChI=1S/C20H19F2N7O2/c21-13-3-1-4-14(22)16(13)18(30)27-15-11-25-28-17(15)19(31)26-12-5-9-29(10-6-12)20-23-7-2-8-24-20/h1-4,7-8,11-12H,5-6,9-10H2,(H,25,28)(H,26,31)(H,27,30). The van der Waals surface area contributed by atoms with Gasteiger partial charge in [0.15, 0.2) is 5.69 Å². The highest BCUT2D eigenvalue weighted by molar-refractivity contribution is 6.08. The van der Waals surface area contributed by atoms with Crippen molar-refractivity contribution in [3.8, 4) is 0 Å². The Morgan fingerprint density at radius 3 is 2.39 bits per heavy atom. The monoisotopic (exact) mass is 427 g/mol. The SMILES string of the molecule is O=C(NC1CCN(c2ncccn2)CC1)c1n[nH]cc1NC(=O)c1c(F)cccc1F. The second-order valence-corrected chi connectivity index (χ2v) is 6.98. The summed E-state index contributed by atoms with van der Waals surface area (Å²) in [6.07, 6.45) is 5.99. The molecular formula is C20H19F2N7O2. The van der Waals surface area contributed by atoms with Gasteiger partial charge in [0.1, 0.15) is 17.2 Å². The van der Waals surface area contributed by atoms with E-state index in [0.717, 1.165) is 18.2 Å². The second-order valence-electron chi connectivity index (χ2n) is 6.98. The maximum atomic E-state index is 13.8. The number of carbonyl (C=O) groups excluding carboxylic acids is 2. The van der Waals surface area contributed by atoms with Crippen molar-refractivity contribution in [3.05, 3.63) is 65.7 Å². The first-order valence-electron chi connectivity index (χ1n) is 9.65. The van der Waals surface area contributed by atoms with Crippen LogP contribution in [0.25, 0.3) is 0 Å². The summed E-state index contributed by atoms with van der Waals surface area (Å²) in [5, 5.41) is 11.6. The van der Waals surface area contributed by atoms with E-state index in [1.165, 1.54) is 6.20 Å². The topological polar surface area (TPSA) is 116 Å². The number of nitrogens with one attached hydrogen (secondary N) is 3. The van der Waals surface area contributed by atoms with Crippen LogP contribution in [0.3, 0.4) is 0 Å². The molecule has 31 heavy (non-hydrogen) atoms. The molecule has 3 aromatic rings. The van der Waals surface area contributed by atoms with Gasteiger partial charge in [-0.25, -0.2) is 18.7 Å². The Hall–Kier alpha value is -3.89. The van der Waals surface area contributed by atoms with Gasteiger partial charge >= 0.3 is 0 Å². The number of piperidine rings is 1.